The number of allylic oxidation sites excluding steroid dienone is 1. The molecule has 9 heteroatoms. The van der Waals surface area contributed by atoms with E-state index >= 15 is 0 Å². The first-order chi connectivity index (χ1) is 16.0. The number of aliphatic imine (C=N–C) groups is 2. The molecule has 0 atom stereocenters. The summed E-state index contributed by atoms with van der Waals surface area (Å²) in [6.45, 7) is 6.94. The number of nitrogens with one attached hydrogen (secondary N) is 2. The molecule has 33 heavy (non-hydrogen) atoms. The van der Waals surface area contributed by atoms with Gasteiger partial charge in [0.1, 0.15) is 17.5 Å². The number of benzene rings is 1. The van der Waals surface area contributed by atoms with E-state index in [2.05, 4.69) is 42.9 Å². The number of Topliss-reactive ketones (excluding diaryl/α,β-unsaturated/α-hetero) is 1. The van der Waals surface area contributed by atoms with Crippen molar-refractivity contribution in [2.45, 2.75) is 13.8 Å². The van der Waals surface area contributed by atoms with Crippen LogP contribution in [0.1, 0.15) is 29.1 Å². The summed E-state index contributed by atoms with van der Waals surface area (Å²) >= 11 is 1.45. The van der Waals surface area contributed by atoms with Crippen molar-refractivity contribution in [1.29, 1.82) is 0 Å². The van der Waals surface area contributed by atoms with Crippen LogP contribution in [-0.4, -0.2) is 44.0 Å². The fraction of sp³-hybridized carbons (Fsp3) is 0.0833. The van der Waals surface area contributed by atoms with E-state index in [1.807, 2.05) is 37.3 Å². The van der Waals surface area contributed by atoms with Crippen molar-refractivity contribution < 1.29 is 4.79 Å². The van der Waals surface area contributed by atoms with Gasteiger partial charge in [-0.15, -0.1) is 11.3 Å². The Labute approximate surface area is 192 Å². The quantitative estimate of drug-likeness (QED) is 0.200. The molecule has 0 aliphatic rings. The molecule has 0 bridgehead atoms. The zero-order valence-corrected chi connectivity index (χ0v) is 18.8. The smallest absolute Gasteiger partial charge is 0.169 e. The number of hydrogen-bond acceptors (Lipinski definition) is 6. The summed E-state index contributed by atoms with van der Waals surface area (Å²) in [5.41, 5.74) is 5.92. The lowest BCUT2D eigenvalue weighted by Gasteiger charge is -2.01. The van der Waals surface area contributed by atoms with Gasteiger partial charge < -0.3 is 4.98 Å². The third-order valence-electron chi connectivity index (χ3n) is 5.26. The predicted octanol–water partition coefficient (Wildman–Crippen LogP) is 5.52. The highest BCUT2D eigenvalue weighted by molar-refractivity contribution is 7.17. The predicted molar refractivity (Wildman–Crippen MR) is 134 cm³/mol. The van der Waals surface area contributed by atoms with Gasteiger partial charge >= 0.3 is 0 Å². The molecule has 0 unspecified atom stereocenters. The first kappa shape index (κ1) is 20.7. The first-order valence-electron chi connectivity index (χ1n) is 10.1. The number of H-pyrrole nitrogens is 2. The molecule has 5 rings (SSSR count). The molecule has 2 N–H and O–H groups in total. The summed E-state index contributed by atoms with van der Waals surface area (Å²) in [7, 11) is 0. The maximum atomic E-state index is 11.7. The van der Waals surface area contributed by atoms with E-state index in [1.165, 1.54) is 17.7 Å². The largest absolute Gasteiger partial charge is 0.321 e. The van der Waals surface area contributed by atoms with Crippen LogP contribution >= 0.6 is 11.3 Å². The second-order valence-electron chi connectivity index (χ2n) is 7.45. The van der Waals surface area contributed by atoms with E-state index < -0.39 is 0 Å². The van der Waals surface area contributed by atoms with E-state index in [9.17, 15) is 4.79 Å². The molecule has 0 fully saturated rings. The lowest BCUT2D eigenvalue weighted by atomic mass is 10.1. The summed E-state index contributed by atoms with van der Waals surface area (Å²) in [5, 5.41) is 8.51. The van der Waals surface area contributed by atoms with Crippen LogP contribution < -0.4 is 0 Å². The minimum Gasteiger partial charge on any atom is -0.321 e. The van der Waals surface area contributed by atoms with Crippen molar-refractivity contribution in [3.05, 3.63) is 59.2 Å². The fourth-order valence-corrected chi connectivity index (χ4v) is 4.53. The molecule has 0 aliphatic carbocycles. The van der Waals surface area contributed by atoms with Gasteiger partial charge in [0, 0.05) is 28.2 Å². The van der Waals surface area contributed by atoms with Crippen LogP contribution in [-0.2, 0) is 0 Å². The standard InChI is InChI=1S/C24H19N7OS/c1-13(11-26-12-25-3)15-4-5-18-17(10-15)22(31-30-18)24-28-21-16(8-9-27-23(21)29-24)20-7-6-19(33-20)14(2)32/h4-12H,3H2,1-2H3,(H,30,31)(H,27,28,29)/b13-11+,26-12-. The first-order valence-corrected chi connectivity index (χ1v) is 11.0. The van der Waals surface area contributed by atoms with Crippen LogP contribution in [0, 0.1) is 0 Å². The number of ketones is 1. The van der Waals surface area contributed by atoms with Gasteiger partial charge in [-0.05, 0) is 62.0 Å². The van der Waals surface area contributed by atoms with Crippen molar-refractivity contribution in [1.82, 2.24) is 25.1 Å². The number of fused-ring (bicyclic) bond motifs is 2. The van der Waals surface area contributed by atoms with Crippen LogP contribution in [0.25, 0.3) is 49.6 Å². The van der Waals surface area contributed by atoms with Crippen LogP contribution in [0.15, 0.2) is 58.8 Å². The lowest BCUT2D eigenvalue weighted by molar-refractivity contribution is 0.102. The zero-order valence-electron chi connectivity index (χ0n) is 18.0. The van der Waals surface area contributed by atoms with Crippen LogP contribution in [0.4, 0.5) is 0 Å². The highest BCUT2D eigenvalue weighted by Gasteiger charge is 2.17. The molecule has 5 aromatic rings. The minimum absolute atomic E-state index is 0.0499. The van der Waals surface area contributed by atoms with Crippen molar-refractivity contribution in [2.24, 2.45) is 9.98 Å². The summed E-state index contributed by atoms with van der Waals surface area (Å²) in [5.74, 6) is 0.668. The Morgan fingerprint density at radius 2 is 2.06 bits per heavy atom. The Morgan fingerprint density at radius 3 is 2.85 bits per heavy atom. The number of thiophene rings is 1. The Morgan fingerprint density at radius 1 is 1.18 bits per heavy atom. The summed E-state index contributed by atoms with van der Waals surface area (Å²) in [4.78, 5) is 33.7. The molecule has 4 heterocycles. The maximum absolute atomic E-state index is 11.7. The Balaban J connectivity index is 1.60. The van der Waals surface area contributed by atoms with Gasteiger partial charge in [0.25, 0.3) is 0 Å². The second-order valence-corrected chi connectivity index (χ2v) is 8.54. The molecule has 4 aromatic heterocycles. The number of rotatable bonds is 6. The molecule has 8 nitrogen and oxygen atoms in total. The van der Waals surface area contributed by atoms with Crippen molar-refractivity contribution in [3.8, 4) is 22.0 Å². The molecule has 0 aliphatic heterocycles. The van der Waals surface area contributed by atoms with Gasteiger partial charge in [-0.25, -0.2) is 15.0 Å². The number of aromatic amines is 2. The molecular weight excluding hydrogens is 434 g/mol. The van der Waals surface area contributed by atoms with Crippen molar-refractivity contribution >= 4 is 57.8 Å². The molecule has 1 aromatic carbocycles. The molecule has 0 saturated heterocycles. The van der Waals surface area contributed by atoms with E-state index in [0.717, 1.165) is 38.0 Å². The molecular formula is C24H19N7OS. The Hall–Kier alpha value is -4.24. The number of aromatic nitrogens is 5. The van der Waals surface area contributed by atoms with Crippen LogP contribution in [0.3, 0.4) is 0 Å². The number of nitrogens with zero attached hydrogens (tertiary/aromatic N) is 5. The van der Waals surface area contributed by atoms with E-state index in [0.29, 0.717) is 22.0 Å². The minimum atomic E-state index is 0.0499. The Kier molecular flexibility index (Phi) is 5.23. The van der Waals surface area contributed by atoms with Gasteiger partial charge in [-0.2, -0.15) is 5.10 Å². The van der Waals surface area contributed by atoms with Gasteiger partial charge in [0.15, 0.2) is 17.3 Å². The van der Waals surface area contributed by atoms with Crippen LogP contribution in [0.2, 0.25) is 0 Å². The second kappa shape index (κ2) is 8.36. The number of hydrogen-bond donors (Lipinski definition) is 2. The van der Waals surface area contributed by atoms with Gasteiger partial charge in [-0.1, -0.05) is 6.07 Å². The van der Waals surface area contributed by atoms with Crippen molar-refractivity contribution in [3.63, 3.8) is 0 Å². The monoisotopic (exact) mass is 453 g/mol. The number of carbonyl (C=O) groups excluding carboxylic acids is 1. The number of carbonyl (C=O) groups is 1. The Bertz CT molecular complexity index is 1580. The zero-order chi connectivity index (χ0) is 22.9. The SMILES string of the molecule is C=N/C=N\C=C(/C)c1ccc2[nH]nc(-c3nc4c(-c5ccc(C(C)=O)s5)ccnc4[nH]3)c2c1. The van der Waals surface area contributed by atoms with Crippen LogP contribution in [0.5, 0.6) is 0 Å². The number of imidazole rings is 1. The number of pyridine rings is 1. The lowest BCUT2D eigenvalue weighted by Crippen LogP contribution is -1.84. The highest BCUT2D eigenvalue weighted by Crippen LogP contribution is 2.34. The average molecular weight is 454 g/mol. The summed E-state index contributed by atoms with van der Waals surface area (Å²) in [6.07, 6.45) is 4.88. The van der Waals surface area contributed by atoms with Gasteiger partial charge in [0.05, 0.1) is 10.4 Å². The van der Waals surface area contributed by atoms with Crippen molar-refractivity contribution in [2.75, 3.05) is 0 Å². The highest BCUT2D eigenvalue weighted by atomic mass is 32.1. The molecule has 0 spiro atoms. The van der Waals surface area contributed by atoms with Gasteiger partial charge in [0.2, 0.25) is 0 Å². The average Bonchev–Trinajstić information content (AvgIpc) is 3.55. The summed E-state index contributed by atoms with van der Waals surface area (Å²) < 4.78 is 0. The third-order valence-corrected chi connectivity index (χ3v) is 6.48. The topological polar surface area (TPSA) is 112 Å². The fourth-order valence-electron chi connectivity index (χ4n) is 3.60. The van der Waals surface area contributed by atoms with E-state index in [1.54, 1.807) is 19.3 Å². The van der Waals surface area contributed by atoms with E-state index in [4.69, 9.17) is 4.98 Å². The molecule has 0 radical (unpaired) electrons. The molecule has 0 amide bonds. The molecule has 162 valence electrons. The maximum Gasteiger partial charge on any atom is 0.169 e. The third kappa shape index (κ3) is 3.79. The summed E-state index contributed by atoms with van der Waals surface area (Å²) in [6, 6.07) is 11.7. The van der Waals surface area contributed by atoms with Gasteiger partial charge in [-0.3, -0.25) is 14.9 Å². The molecule has 0 saturated carbocycles. The normalized spacial score (nSPS) is 12.2. The van der Waals surface area contributed by atoms with E-state index in [-0.39, 0.29) is 5.78 Å².